The minimum Gasteiger partial charge on any atom is -0.390 e. The summed E-state index contributed by atoms with van der Waals surface area (Å²) in [5.74, 6) is 0.198. The highest BCUT2D eigenvalue weighted by Crippen LogP contribution is 2.18. The zero-order chi connectivity index (χ0) is 15.1. The van der Waals surface area contributed by atoms with Crippen LogP contribution >= 0.6 is 11.6 Å². The molecular formula is C16H23ClN2O2. The van der Waals surface area contributed by atoms with Gasteiger partial charge in [0, 0.05) is 23.8 Å². The molecule has 0 aliphatic heterocycles. The normalized spacial score (nSPS) is 17.2. The molecule has 5 heteroatoms. The third-order valence-corrected chi connectivity index (χ3v) is 4.16. The third kappa shape index (κ3) is 5.21. The summed E-state index contributed by atoms with van der Waals surface area (Å²) in [5, 5.41) is 15.6. The Labute approximate surface area is 130 Å². The van der Waals surface area contributed by atoms with E-state index in [0.29, 0.717) is 18.2 Å². The predicted molar refractivity (Wildman–Crippen MR) is 86.0 cm³/mol. The molecule has 1 aliphatic rings. The van der Waals surface area contributed by atoms with Crippen molar-refractivity contribution in [3.8, 4) is 0 Å². The van der Waals surface area contributed by atoms with Crippen molar-refractivity contribution in [2.45, 2.75) is 44.2 Å². The minimum absolute atomic E-state index is 0.00533. The van der Waals surface area contributed by atoms with Crippen LogP contribution in [0.5, 0.6) is 0 Å². The Balaban J connectivity index is 1.84. The first-order valence-electron chi connectivity index (χ1n) is 7.58. The Hall–Kier alpha value is -1.26. The molecule has 3 N–H and O–H groups in total. The van der Waals surface area contributed by atoms with E-state index >= 15 is 0 Å². The summed E-state index contributed by atoms with van der Waals surface area (Å²) >= 11 is 5.53. The first kappa shape index (κ1) is 16.1. The summed E-state index contributed by atoms with van der Waals surface area (Å²) in [6.45, 7) is 0.400. The topological polar surface area (TPSA) is 61.4 Å². The van der Waals surface area contributed by atoms with Crippen molar-refractivity contribution < 1.29 is 9.90 Å². The molecule has 21 heavy (non-hydrogen) atoms. The molecule has 0 spiro atoms. The molecule has 1 amide bonds. The molecule has 1 fully saturated rings. The van der Waals surface area contributed by atoms with Gasteiger partial charge >= 0.3 is 0 Å². The van der Waals surface area contributed by atoms with Gasteiger partial charge < -0.3 is 15.7 Å². The van der Waals surface area contributed by atoms with Crippen LogP contribution in [0.15, 0.2) is 24.3 Å². The van der Waals surface area contributed by atoms with Gasteiger partial charge in [0.2, 0.25) is 0 Å². The van der Waals surface area contributed by atoms with Crippen LogP contribution in [0.1, 0.15) is 42.5 Å². The maximum atomic E-state index is 12.1. The van der Waals surface area contributed by atoms with Crippen molar-refractivity contribution in [2.24, 2.45) is 0 Å². The lowest BCUT2D eigenvalue weighted by molar-refractivity contribution is 0.0927. The number of anilines is 1. The molecule has 0 aromatic heterocycles. The van der Waals surface area contributed by atoms with Gasteiger partial charge in [0.05, 0.1) is 12.0 Å². The van der Waals surface area contributed by atoms with Crippen molar-refractivity contribution >= 4 is 23.2 Å². The van der Waals surface area contributed by atoms with Crippen molar-refractivity contribution in [3.05, 3.63) is 29.8 Å². The maximum Gasteiger partial charge on any atom is 0.251 e. The number of carbonyl (C=O) groups excluding carboxylic acids is 1. The predicted octanol–water partition coefficient (Wildman–Crippen LogP) is 2.76. The summed E-state index contributed by atoms with van der Waals surface area (Å²) in [5.41, 5.74) is 1.54. The highest BCUT2D eigenvalue weighted by Gasteiger charge is 2.16. The van der Waals surface area contributed by atoms with Gasteiger partial charge in [-0.15, -0.1) is 11.6 Å². The zero-order valence-corrected chi connectivity index (χ0v) is 12.9. The number of hydrogen-bond acceptors (Lipinski definition) is 3. The SMILES string of the molecule is O=C(NC1CCCCC1)c1ccc(NCC(O)CCl)cc1. The Kier molecular flexibility index (Phi) is 6.33. The number of halogens is 1. The fourth-order valence-corrected chi connectivity index (χ4v) is 2.65. The number of aliphatic hydroxyl groups is 1. The number of rotatable bonds is 6. The molecule has 1 aliphatic carbocycles. The van der Waals surface area contributed by atoms with E-state index in [1.54, 1.807) is 12.1 Å². The maximum absolute atomic E-state index is 12.1. The van der Waals surface area contributed by atoms with Gasteiger partial charge in [-0.05, 0) is 37.1 Å². The van der Waals surface area contributed by atoms with Crippen molar-refractivity contribution in [1.82, 2.24) is 5.32 Å². The summed E-state index contributed by atoms with van der Waals surface area (Å²) < 4.78 is 0. The standard InChI is InChI=1S/C16H23ClN2O2/c17-10-15(20)11-18-13-8-6-12(7-9-13)16(21)19-14-4-2-1-3-5-14/h6-9,14-15,18,20H,1-5,10-11H2,(H,19,21). The molecule has 1 atom stereocenters. The van der Waals surface area contributed by atoms with Gasteiger partial charge in [-0.3, -0.25) is 4.79 Å². The van der Waals surface area contributed by atoms with E-state index in [-0.39, 0.29) is 11.8 Å². The molecule has 4 nitrogen and oxygen atoms in total. The molecule has 1 aromatic carbocycles. The highest BCUT2D eigenvalue weighted by atomic mass is 35.5. The fraction of sp³-hybridized carbons (Fsp3) is 0.562. The van der Waals surface area contributed by atoms with Gasteiger partial charge in [-0.1, -0.05) is 19.3 Å². The molecule has 1 aromatic rings. The molecule has 1 saturated carbocycles. The molecule has 2 rings (SSSR count). The molecule has 0 radical (unpaired) electrons. The lowest BCUT2D eigenvalue weighted by Crippen LogP contribution is -2.36. The van der Waals surface area contributed by atoms with E-state index < -0.39 is 6.10 Å². The van der Waals surface area contributed by atoms with Crippen LogP contribution in [-0.2, 0) is 0 Å². The van der Waals surface area contributed by atoms with E-state index in [9.17, 15) is 9.90 Å². The Bertz CT molecular complexity index is 444. The second-order valence-corrected chi connectivity index (χ2v) is 5.88. The third-order valence-electron chi connectivity index (χ3n) is 3.81. The lowest BCUT2D eigenvalue weighted by Gasteiger charge is -2.22. The second-order valence-electron chi connectivity index (χ2n) is 5.57. The van der Waals surface area contributed by atoms with E-state index in [1.165, 1.54) is 19.3 Å². The van der Waals surface area contributed by atoms with Gasteiger partial charge in [0.25, 0.3) is 5.91 Å². The smallest absolute Gasteiger partial charge is 0.251 e. The van der Waals surface area contributed by atoms with Crippen molar-refractivity contribution in [1.29, 1.82) is 0 Å². The van der Waals surface area contributed by atoms with Crippen LogP contribution in [0.4, 0.5) is 5.69 Å². The second kappa shape index (κ2) is 8.25. The molecule has 116 valence electrons. The molecule has 0 heterocycles. The molecule has 1 unspecified atom stereocenters. The number of alkyl halides is 1. The zero-order valence-electron chi connectivity index (χ0n) is 12.1. The van der Waals surface area contributed by atoms with E-state index in [1.807, 2.05) is 12.1 Å². The Morgan fingerprint density at radius 3 is 2.52 bits per heavy atom. The van der Waals surface area contributed by atoms with Gasteiger partial charge in [0.15, 0.2) is 0 Å². The van der Waals surface area contributed by atoms with Crippen molar-refractivity contribution in [2.75, 3.05) is 17.7 Å². The number of benzene rings is 1. The van der Waals surface area contributed by atoms with Crippen LogP contribution < -0.4 is 10.6 Å². The average Bonchev–Trinajstić information content (AvgIpc) is 2.54. The summed E-state index contributed by atoms with van der Waals surface area (Å²) in [7, 11) is 0. The summed E-state index contributed by atoms with van der Waals surface area (Å²) in [6, 6.07) is 7.61. The lowest BCUT2D eigenvalue weighted by atomic mass is 9.95. The first-order valence-corrected chi connectivity index (χ1v) is 8.11. The van der Waals surface area contributed by atoms with Gasteiger partial charge in [0.1, 0.15) is 0 Å². The number of carbonyl (C=O) groups is 1. The summed E-state index contributed by atoms with van der Waals surface area (Å²) in [6.07, 6.45) is 5.29. The molecule has 0 bridgehead atoms. The van der Waals surface area contributed by atoms with Crippen LogP contribution in [0, 0.1) is 0 Å². The number of nitrogens with one attached hydrogen (secondary N) is 2. The van der Waals surface area contributed by atoms with Gasteiger partial charge in [-0.2, -0.15) is 0 Å². The van der Waals surface area contributed by atoms with Crippen LogP contribution in [0.2, 0.25) is 0 Å². The van der Waals surface area contributed by atoms with Crippen LogP contribution in [0.3, 0.4) is 0 Å². The largest absolute Gasteiger partial charge is 0.390 e. The monoisotopic (exact) mass is 310 g/mol. The Morgan fingerprint density at radius 1 is 1.24 bits per heavy atom. The van der Waals surface area contributed by atoms with Crippen LogP contribution in [-0.4, -0.2) is 35.6 Å². The number of amides is 1. The van der Waals surface area contributed by atoms with Crippen molar-refractivity contribution in [3.63, 3.8) is 0 Å². The molecular weight excluding hydrogens is 288 g/mol. The van der Waals surface area contributed by atoms with E-state index in [0.717, 1.165) is 18.5 Å². The highest BCUT2D eigenvalue weighted by molar-refractivity contribution is 6.18. The minimum atomic E-state index is -0.569. The fourth-order valence-electron chi connectivity index (χ4n) is 2.55. The number of aliphatic hydroxyl groups excluding tert-OH is 1. The average molecular weight is 311 g/mol. The molecule has 0 saturated heterocycles. The van der Waals surface area contributed by atoms with E-state index in [2.05, 4.69) is 10.6 Å². The number of hydrogen-bond donors (Lipinski definition) is 3. The van der Waals surface area contributed by atoms with E-state index in [4.69, 9.17) is 11.6 Å². The van der Waals surface area contributed by atoms with Crippen LogP contribution in [0.25, 0.3) is 0 Å². The summed E-state index contributed by atoms with van der Waals surface area (Å²) in [4.78, 5) is 12.1. The first-order chi connectivity index (χ1) is 10.2. The Morgan fingerprint density at radius 2 is 1.90 bits per heavy atom. The van der Waals surface area contributed by atoms with Gasteiger partial charge in [-0.25, -0.2) is 0 Å². The quantitative estimate of drug-likeness (QED) is 0.708.